The van der Waals surface area contributed by atoms with Gasteiger partial charge in [-0.1, -0.05) is 35.9 Å². The van der Waals surface area contributed by atoms with Crippen LogP contribution in [0.5, 0.6) is 0 Å². The lowest BCUT2D eigenvalue weighted by Crippen LogP contribution is -2.13. The number of aryl methyl sites for hydroxylation is 2. The van der Waals surface area contributed by atoms with E-state index in [1.165, 1.54) is 0 Å². The number of hydrogen-bond acceptors (Lipinski definition) is 4. The summed E-state index contributed by atoms with van der Waals surface area (Å²) in [5, 5.41) is 7.32. The highest BCUT2D eigenvalue weighted by molar-refractivity contribution is 6.05. The van der Waals surface area contributed by atoms with Gasteiger partial charge in [-0.3, -0.25) is 14.8 Å². The number of rotatable bonds is 4. The average molecular weight is 368 g/mol. The molecule has 4 aromatic rings. The number of pyridine rings is 2. The summed E-state index contributed by atoms with van der Waals surface area (Å²) in [6, 6.07) is 17.6. The maximum absolute atomic E-state index is 12.7. The van der Waals surface area contributed by atoms with E-state index in [0.717, 1.165) is 39.1 Å². The molecule has 5 heteroatoms. The average Bonchev–Trinajstić information content (AvgIpc) is 2.70. The molecule has 0 bridgehead atoms. The minimum atomic E-state index is -0.195. The minimum absolute atomic E-state index is 0.195. The second-order valence-electron chi connectivity index (χ2n) is 6.74. The van der Waals surface area contributed by atoms with Gasteiger partial charge in [0.15, 0.2) is 0 Å². The normalized spacial score (nSPS) is 10.6. The molecule has 1 amide bonds. The molecule has 2 aromatic heterocycles. The zero-order chi connectivity index (χ0) is 19.5. The molecule has 0 aliphatic rings. The quantitative estimate of drug-likeness (QED) is 0.517. The monoisotopic (exact) mass is 368 g/mol. The largest absolute Gasteiger partial charge is 0.352 e. The highest BCUT2D eigenvalue weighted by atomic mass is 16.1. The number of carbonyl (C=O) groups excluding carboxylic acids is 1. The number of benzene rings is 2. The van der Waals surface area contributed by atoms with Gasteiger partial charge in [-0.05, 0) is 43.7 Å². The van der Waals surface area contributed by atoms with Gasteiger partial charge < -0.3 is 10.6 Å². The molecule has 0 radical (unpaired) electrons. The fraction of sp³-hybridized carbons (Fsp3) is 0.0870. The van der Waals surface area contributed by atoms with Crippen LogP contribution in [0.15, 0.2) is 73.2 Å². The van der Waals surface area contributed by atoms with Crippen molar-refractivity contribution in [1.82, 2.24) is 9.97 Å². The summed E-state index contributed by atoms with van der Waals surface area (Å²) in [6.45, 7) is 4.01. The zero-order valence-corrected chi connectivity index (χ0v) is 15.7. The van der Waals surface area contributed by atoms with Crippen LogP contribution in [0.2, 0.25) is 0 Å². The molecule has 0 saturated heterocycles. The first kappa shape index (κ1) is 17.7. The molecule has 0 atom stereocenters. The molecule has 0 spiro atoms. The number of hydrogen-bond donors (Lipinski definition) is 2. The first-order chi connectivity index (χ1) is 13.6. The van der Waals surface area contributed by atoms with E-state index >= 15 is 0 Å². The Morgan fingerprint density at radius 1 is 0.929 bits per heavy atom. The summed E-state index contributed by atoms with van der Waals surface area (Å²) >= 11 is 0. The van der Waals surface area contributed by atoms with E-state index in [1.54, 1.807) is 24.7 Å². The fourth-order valence-electron chi connectivity index (χ4n) is 3.14. The van der Waals surface area contributed by atoms with Crippen LogP contribution in [0, 0.1) is 13.8 Å². The van der Waals surface area contributed by atoms with Gasteiger partial charge in [-0.2, -0.15) is 0 Å². The molecule has 0 aliphatic carbocycles. The van der Waals surface area contributed by atoms with Gasteiger partial charge in [0.05, 0.1) is 28.7 Å². The number of fused-ring (bicyclic) bond motifs is 1. The Morgan fingerprint density at radius 3 is 2.64 bits per heavy atom. The molecular formula is C23H20N4O. The summed E-state index contributed by atoms with van der Waals surface area (Å²) in [5.74, 6) is -0.195. The molecule has 2 N–H and O–H groups in total. The maximum Gasteiger partial charge on any atom is 0.257 e. The smallest absolute Gasteiger partial charge is 0.257 e. The van der Waals surface area contributed by atoms with E-state index in [4.69, 9.17) is 0 Å². The van der Waals surface area contributed by atoms with Crippen molar-refractivity contribution in [3.8, 4) is 0 Å². The van der Waals surface area contributed by atoms with Gasteiger partial charge in [0, 0.05) is 23.5 Å². The molecule has 0 unspecified atom stereocenters. The Kier molecular flexibility index (Phi) is 4.72. The topological polar surface area (TPSA) is 66.9 Å². The van der Waals surface area contributed by atoms with E-state index in [0.29, 0.717) is 5.56 Å². The highest BCUT2D eigenvalue weighted by Crippen LogP contribution is 2.25. The second-order valence-corrected chi connectivity index (χ2v) is 6.74. The molecular weight excluding hydrogens is 348 g/mol. The van der Waals surface area contributed by atoms with Gasteiger partial charge in [0.25, 0.3) is 5.91 Å². The number of carbonyl (C=O) groups is 1. The molecule has 2 aromatic carbocycles. The lowest BCUT2D eigenvalue weighted by atomic mass is 10.1. The highest BCUT2D eigenvalue weighted by Gasteiger charge is 2.10. The summed E-state index contributed by atoms with van der Waals surface area (Å²) in [7, 11) is 0. The minimum Gasteiger partial charge on any atom is -0.352 e. The maximum atomic E-state index is 12.7. The molecule has 0 saturated carbocycles. The number of para-hydroxylation sites is 1. The van der Waals surface area contributed by atoms with Crippen molar-refractivity contribution >= 4 is 33.9 Å². The number of nitrogens with zero attached hydrogens (tertiary/aromatic N) is 2. The van der Waals surface area contributed by atoms with E-state index in [-0.39, 0.29) is 5.91 Å². The van der Waals surface area contributed by atoms with Crippen molar-refractivity contribution in [2.24, 2.45) is 0 Å². The molecule has 4 rings (SSSR count). The fourth-order valence-corrected chi connectivity index (χ4v) is 3.14. The Morgan fingerprint density at radius 2 is 1.79 bits per heavy atom. The van der Waals surface area contributed by atoms with E-state index in [1.807, 2.05) is 62.4 Å². The van der Waals surface area contributed by atoms with E-state index < -0.39 is 0 Å². The van der Waals surface area contributed by atoms with Crippen molar-refractivity contribution < 1.29 is 4.79 Å². The van der Waals surface area contributed by atoms with Gasteiger partial charge >= 0.3 is 0 Å². The lowest BCUT2D eigenvalue weighted by molar-refractivity contribution is 0.102. The Hall–Kier alpha value is -3.73. The van der Waals surface area contributed by atoms with Crippen molar-refractivity contribution in [3.63, 3.8) is 0 Å². The number of nitrogens with one attached hydrogen (secondary N) is 2. The van der Waals surface area contributed by atoms with Crippen LogP contribution in [0.25, 0.3) is 10.9 Å². The predicted molar refractivity (Wildman–Crippen MR) is 113 cm³/mol. The SMILES string of the molecule is Cc1ccc(NC(=O)c2cncc(Nc3cccc4cccnc34)c2)c(C)c1. The van der Waals surface area contributed by atoms with Gasteiger partial charge in [-0.25, -0.2) is 0 Å². The molecule has 138 valence electrons. The Bertz CT molecular complexity index is 1160. The lowest BCUT2D eigenvalue weighted by Gasteiger charge is -2.11. The van der Waals surface area contributed by atoms with Gasteiger partial charge in [0.2, 0.25) is 0 Å². The molecule has 5 nitrogen and oxygen atoms in total. The standard InChI is InChI=1S/C23H20N4O/c1-15-8-9-20(16(2)11-15)27-23(28)18-12-19(14-24-13-18)26-21-7-3-5-17-6-4-10-25-22(17)21/h3-14,26H,1-2H3,(H,27,28). The van der Waals surface area contributed by atoms with Crippen LogP contribution in [0.1, 0.15) is 21.5 Å². The molecule has 0 aliphatic heterocycles. The molecule has 28 heavy (non-hydrogen) atoms. The Labute approximate surface area is 163 Å². The van der Waals surface area contributed by atoms with Crippen LogP contribution >= 0.6 is 0 Å². The predicted octanol–water partition coefficient (Wildman–Crippen LogP) is 5.24. The number of anilines is 3. The van der Waals surface area contributed by atoms with Gasteiger partial charge in [0.1, 0.15) is 0 Å². The van der Waals surface area contributed by atoms with Crippen molar-refractivity contribution in [2.45, 2.75) is 13.8 Å². The third-order valence-corrected chi connectivity index (χ3v) is 4.54. The Balaban J connectivity index is 1.58. The summed E-state index contributed by atoms with van der Waals surface area (Å²) < 4.78 is 0. The van der Waals surface area contributed by atoms with Crippen LogP contribution in [-0.4, -0.2) is 15.9 Å². The van der Waals surface area contributed by atoms with E-state index in [9.17, 15) is 4.79 Å². The van der Waals surface area contributed by atoms with Crippen LogP contribution < -0.4 is 10.6 Å². The van der Waals surface area contributed by atoms with Crippen molar-refractivity contribution in [3.05, 3.63) is 89.9 Å². The van der Waals surface area contributed by atoms with Gasteiger partial charge in [-0.15, -0.1) is 0 Å². The van der Waals surface area contributed by atoms with Crippen LogP contribution in [-0.2, 0) is 0 Å². The van der Waals surface area contributed by atoms with Crippen molar-refractivity contribution in [1.29, 1.82) is 0 Å². The molecule has 0 fully saturated rings. The summed E-state index contributed by atoms with van der Waals surface area (Å²) in [6.07, 6.45) is 5.01. The third kappa shape index (κ3) is 3.69. The summed E-state index contributed by atoms with van der Waals surface area (Å²) in [5.41, 5.74) is 5.93. The van der Waals surface area contributed by atoms with Crippen LogP contribution in [0.3, 0.4) is 0 Å². The third-order valence-electron chi connectivity index (χ3n) is 4.54. The van der Waals surface area contributed by atoms with E-state index in [2.05, 4.69) is 20.6 Å². The number of amides is 1. The first-order valence-electron chi connectivity index (χ1n) is 9.04. The zero-order valence-electron chi connectivity index (χ0n) is 15.7. The molecule has 2 heterocycles. The second kappa shape index (κ2) is 7.48. The summed E-state index contributed by atoms with van der Waals surface area (Å²) in [4.78, 5) is 21.3. The van der Waals surface area contributed by atoms with Crippen LogP contribution in [0.4, 0.5) is 17.1 Å². The first-order valence-corrected chi connectivity index (χ1v) is 9.04. The van der Waals surface area contributed by atoms with Crippen molar-refractivity contribution in [2.75, 3.05) is 10.6 Å². The number of aromatic nitrogens is 2.